The quantitative estimate of drug-likeness (QED) is 0.0691. The first kappa shape index (κ1) is 65.5. The number of carbonyl (C=O) groups excluding carboxylic acids is 6. The highest BCUT2D eigenvalue weighted by molar-refractivity contribution is 6.07. The molecule has 0 aliphatic carbocycles. The Morgan fingerprint density at radius 1 is 0.462 bits per heavy atom. The molecule has 27 heteroatoms. The lowest BCUT2D eigenvalue weighted by molar-refractivity contribution is -0.138. The van der Waals surface area contributed by atoms with Crippen LogP contribution in [0.25, 0.3) is 16.7 Å². The first-order chi connectivity index (χ1) is 43.9. The van der Waals surface area contributed by atoms with Crippen molar-refractivity contribution >= 4 is 86.7 Å². The number of ether oxygens (including phenoxy) is 3. The lowest BCUT2D eigenvalue weighted by Gasteiger charge is -2.34. The van der Waals surface area contributed by atoms with Gasteiger partial charge in [0.2, 0.25) is 17.7 Å². The number of hydrogen-bond donors (Lipinski definition) is 6. The molecule has 93 heavy (non-hydrogen) atoms. The summed E-state index contributed by atoms with van der Waals surface area (Å²) in [5.41, 5.74) is 6.38. The topological polar surface area (TPSA) is 212 Å². The van der Waals surface area contributed by atoms with Gasteiger partial charge in [0.25, 0.3) is 0 Å². The molecule has 0 aromatic heterocycles. The zero-order valence-electron chi connectivity index (χ0n) is 50.4. The highest BCUT2D eigenvalue weighted by Crippen LogP contribution is 2.45. The normalized spacial score (nSPS) is 17.5. The number of anilines is 6. The van der Waals surface area contributed by atoms with Crippen LogP contribution in [-0.2, 0) is 52.5 Å². The van der Waals surface area contributed by atoms with Gasteiger partial charge in [0.15, 0.2) is 0 Å². The number of benzene rings is 6. The second-order valence-electron chi connectivity index (χ2n) is 22.9. The largest absolute Gasteiger partial charge is 0.493 e. The van der Waals surface area contributed by atoms with Gasteiger partial charge in [-0.2, -0.15) is 39.5 Å². The van der Waals surface area contributed by atoms with E-state index in [2.05, 4.69) is 31.9 Å². The molecule has 0 saturated heterocycles. The predicted molar refractivity (Wildman–Crippen MR) is 330 cm³/mol. The zero-order valence-corrected chi connectivity index (χ0v) is 50.4. The van der Waals surface area contributed by atoms with Gasteiger partial charge in [-0.1, -0.05) is 36.4 Å². The van der Waals surface area contributed by atoms with Crippen LogP contribution >= 0.6 is 0 Å². The Kier molecular flexibility index (Phi) is 18.3. The second kappa shape index (κ2) is 26.0. The number of alkyl halides is 9. The second-order valence-corrected chi connectivity index (χ2v) is 22.9. The number of amides is 9. The zero-order chi connectivity index (χ0) is 66.9. The molecule has 486 valence electrons. The molecule has 6 N–H and O–H groups in total. The average molecular weight is 1290 g/mol. The Morgan fingerprint density at radius 3 is 1.19 bits per heavy atom. The van der Waals surface area contributed by atoms with Gasteiger partial charge in [0, 0.05) is 106 Å². The molecule has 0 saturated carbocycles. The summed E-state index contributed by atoms with van der Waals surface area (Å²) in [4.78, 5) is 77.8. The van der Waals surface area contributed by atoms with Crippen LogP contribution < -0.4 is 60.8 Å². The Labute approximate surface area is 526 Å². The number of carbonyl (C=O) groups is 6. The molecular formula is C66H60F9N9O9. The first-order valence-electron chi connectivity index (χ1n) is 28.9. The van der Waals surface area contributed by atoms with Crippen LogP contribution in [0.2, 0.25) is 0 Å². The van der Waals surface area contributed by atoms with Gasteiger partial charge in [-0.15, -0.1) is 0 Å². The van der Waals surface area contributed by atoms with Gasteiger partial charge in [-0.3, -0.25) is 29.1 Å². The lowest BCUT2D eigenvalue weighted by atomic mass is 9.88. The summed E-state index contributed by atoms with van der Waals surface area (Å²) in [7, 11) is 4.91. The molecule has 6 aliphatic rings. The van der Waals surface area contributed by atoms with Crippen molar-refractivity contribution in [2.24, 2.45) is 0 Å². The Bertz CT molecular complexity index is 4100. The standard InChI is InChI=1S/C23H22F3N3O3.C22H20F3N3O3.C21H18F3N3O3/c1-22(2)11-14(17-7-5-15(23(24,25)26)9-19(17)32-22)8-20(30)28-16-6-4-13-12-27-21(31)29(3)18(13)10-16;1-28-18-11-16(6-4-14(18)12-26-21(28)30)27-20(29)9-13-3-2-8-31-19-10-15(22(23,24)25)5-7-17(13)19;1-27-17-10-15(4-2-13(17)11-25-20(27)29)26-19(28)8-12-6-7-30-18-9-14(21(22,23)24)3-5-16(12)18/h4-10H,11-12H2,1-3H3,(H,27,31)(H,28,30);4-7,9-11H,2-3,8,12H2,1H3,(H,26,30)(H,27,29);2-5,8-10H,6-7,11H2,1H3,(H,25,29)(H,26,28)/b14-8+;13-9+;12-8+. The van der Waals surface area contributed by atoms with Crippen LogP contribution in [0, 0.1) is 0 Å². The number of halogens is 9. The predicted octanol–water partition coefficient (Wildman–Crippen LogP) is 13.7. The van der Waals surface area contributed by atoms with E-state index in [0.29, 0.717) is 113 Å². The molecule has 6 aliphatic heterocycles. The molecule has 0 spiro atoms. The molecule has 12 rings (SSSR count). The van der Waals surface area contributed by atoms with Crippen molar-refractivity contribution in [2.45, 2.75) is 83.3 Å². The van der Waals surface area contributed by atoms with E-state index in [-0.39, 0.29) is 48.6 Å². The van der Waals surface area contributed by atoms with Crippen LogP contribution in [0.15, 0.2) is 127 Å². The number of nitrogens with one attached hydrogen (secondary N) is 6. The minimum absolute atomic E-state index is 0.0940. The van der Waals surface area contributed by atoms with Crippen molar-refractivity contribution in [2.75, 3.05) is 65.0 Å². The fourth-order valence-corrected chi connectivity index (χ4v) is 11.0. The van der Waals surface area contributed by atoms with Crippen molar-refractivity contribution < 1.29 is 82.5 Å². The fourth-order valence-electron chi connectivity index (χ4n) is 11.0. The summed E-state index contributed by atoms with van der Waals surface area (Å²) in [6.45, 7) is 5.20. The van der Waals surface area contributed by atoms with Crippen molar-refractivity contribution in [3.05, 3.63) is 177 Å². The van der Waals surface area contributed by atoms with E-state index in [0.717, 1.165) is 53.1 Å². The van der Waals surface area contributed by atoms with E-state index >= 15 is 0 Å². The van der Waals surface area contributed by atoms with Gasteiger partial charge in [-0.05, 0) is 133 Å². The number of fused-ring (bicyclic) bond motifs is 6. The van der Waals surface area contributed by atoms with Crippen LogP contribution in [0.5, 0.6) is 17.2 Å². The lowest BCUT2D eigenvalue weighted by Crippen LogP contribution is -2.41. The summed E-state index contributed by atoms with van der Waals surface area (Å²) in [5, 5.41) is 16.5. The van der Waals surface area contributed by atoms with Crippen LogP contribution in [0.1, 0.15) is 89.6 Å². The number of rotatable bonds is 6. The van der Waals surface area contributed by atoms with Crippen molar-refractivity contribution in [1.82, 2.24) is 16.0 Å². The van der Waals surface area contributed by atoms with Crippen molar-refractivity contribution in [3.8, 4) is 17.2 Å². The SMILES string of the molecule is CN1C(=O)NCc2ccc(NC(=O)/C=C3\CC(C)(C)Oc4cc(C(F)(F)F)ccc43)cc21.CN1C(=O)NCc2ccc(NC(=O)/C=C3\CCCOc4cc(C(F)(F)F)ccc43)cc21.CN1C(=O)NCc2ccc(NC(=O)/C=C3\CCOc4cc(C(F)(F)F)ccc43)cc21. The van der Waals surface area contributed by atoms with Crippen molar-refractivity contribution in [3.63, 3.8) is 0 Å². The van der Waals surface area contributed by atoms with E-state index in [9.17, 15) is 68.3 Å². The molecule has 6 aromatic carbocycles. The molecule has 0 bridgehead atoms. The van der Waals surface area contributed by atoms with E-state index in [1.165, 1.54) is 51.1 Å². The minimum Gasteiger partial charge on any atom is -0.493 e. The van der Waals surface area contributed by atoms with E-state index in [1.54, 1.807) is 71.4 Å². The molecule has 0 atom stereocenters. The Balaban J connectivity index is 0.000000153. The highest BCUT2D eigenvalue weighted by Gasteiger charge is 2.37. The fraction of sp³-hybridized carbons (Fsp3) is 0.273. The van der Waals surface area contributed by atoms with Crippen LogP contribution in [-0.4, -0.2) is 75.8 Å². The molecule has 0 unspecified atom stereocenters. The van der Waals surface area contributed by atoms with E-state index in [1.807, 2.05) is 18.2 Å². The van der Waals surface area contributed by atoms with E-state index in [4.69, 9.17) is 14.2 Å². The maximum absolute atomic E-state index is 13.1. The maximum Gasteiger partial charge on any atom is 0.416 e. The smallest absolute Gasteiger partial charge is 0.416 e. The number of hydrogen-bond acceptors (Lipinski definition) is 9. The Morgan fingerprint density at radius 2 is 0.806 bits per heavy atom. The molecule has 0 radical (unpaired) electrons. The van der Waals surface area contributed by atoms with Gasteiger partial charge in [0.05, 0.1) is 47.0 Å². The molecule has 18 nitrogen and oxygen atoms in total. The van der Waals surface area contributed by atoms with E-state index < -0.39 is 58.5 Å². The molecule has 9 amide bonds. The van der Waals surface area contributed by atoms with Crippen LogP contribution in [0.4, 0.5) is 88.0 Å². The number of allylic oxidation sites excluding steroid dienone is 1. The third-order valence-corrected chi connectivity index (χ3v) is 15.7. The number of urea groups is 3. The van der Waals surface area contributed by atoms with Gasteiger partial charge in [0.1, 0.15) is 22.8 Å². The summed E-state index contributed by atoms with van der Waals surface area (Å²) in [5.74, 6) is -0.932. The van der Waals surface area contributed by atoms with Gasteiger partial charge < -0.3 is 46.1 Å². The summed E-state index contributed by atoms with van der Waals surface area (Å²) in [6.07, 6.45) is -7.46. The summed E-state index contributed by atoms with van der Waals surface area (Å²) in [6, 6.07) is 24.9. The third kappa shape index (κ3) is 15.3. The third-order valence-electron chi connectivity index (χ3n) is 15.7. The molecular weight excluding hydrogens is 1230 g/mol. The molecule has 6 heterocycles. The molecule has 6 aromatic rings. The summed E-state index contributed by atoms with van der Waals surface area (Å²) < 4.78 is 134. The average Bonchev–Trinajstić information content (AvgIpc) is 1.04. The minimum atomic E-state index is -4.49. The Hall–Kier alpha value is -10.5. The summed E-state index contributed by atoms with van der Waals surface area (Å²) >= 11 is 0. The van der Waals surface area contributed by atoms with Crippen LogP contribution in [0.3, 0.4) is 0 Å². The number of nitrogens with zero attached hydrogens (tertiary/aromatic N) is 3. The van der Waals surface area contributed by atoms with Gasteiger partial charge >= 0.3 is 36.6 Å². The maximum atomic E-state index is 13.1. The van der Waals surface area contributed by atoms with Crippen molar-refractivity contribution in [1.29, 1.82) is 0 Å². The highest BCUT2D eigenvalue weighted by atomic mass is 19.4. The monoisotopic (exact) mass is 1290 g/mol. The van der Waals surface area contributed by atoms with Gasteiger partial charge in [-0.25, -0.2) is 14.4 Å². The molecule has 0 fully saturated rings. The first-order valence-corrected chi connectivity index (χ1v) is 28.9.